The molecule has 4 rings (SSSR count). The van der Waals surface area contributed by atoms with Crippen LogP contribution in [0.15, 0.2) is 54.6 Å². The van der Waals surface area contributed by atoms with Crippen LogP contribution in [0, 0.1) is 0 Å². The van der Waals surface area contributed by atoms with Gasteiger partial charge in [0.1, 0.15) is 17.9 Å². The second kappa shape index (κ2) is 9.85. The van der Waals surface area contributed by atoms with Gasteiger partial charge in [0.15, 0.2) is 0 Å². The number of carbonyl (C=O) groups is 3. The molecule has 2 aromatic rings. The van der Waals surface area contributed by atoms with E-state index in [1.807, 2.05) is 54.6 Å². The van der Waals surface area contributed by atoms with Crippen molar-refractivity contribution in [2.45, 2.75) is 57.2 Å². The van der Waals surface area contributed by atoms with Gasteiger partial charge >= 0.3 is 6.03 Å². The summed E-state index contributed by atoms with van der Waals surface area (Å²) in [6.45, 7) is 1.20. The molecule has 0 unspecified atom stereocenters. The van der Waals surface area contributed by atoms with E-state index in [1.165, 1.54) is 4.90 Å². The van der Waals surface area contributed by atoms with Crippen molar-refractivity contribution in [3.8, 4) is 5.75 Å². The van der Waals surface area contributed by atoms with Crippen LogP contribution in [0.5, 0.6) is 5.75 Å². The summed E-state index contributed by atoms with van der Waals surface area (Å²) in [5.74, 6) is 0.546. The zero-order valence-electron chi connectivity index (χ0n) is 18.1. The van der Waals surface area contributed by atoms with Crippen molar-refractivity contribution in [1.29, 1.82) is 0 Å². The Balaban J connectivity index is 1.16. The van der Waals surface area contributed by atoms with Crippen LogP contribution in [0.3, 0.4) is 0 Å². The fourth-order valence-electron chi connectivity index (χ4n) is 4.33. The number of ether oxygens (including phenoxy) is 1. The molecule has 2 N–H and O–H groups in total. The lowest BCUT2D eigenvalue weighted by atomic mass is 9.98. The quantitative estimate of drug-likeness (QED) is 0.590. The van der Waals surface area contributed by atoms with Gasteiger partial charge in [0.05, 0.1) is 0 Å². The third-order valence-corrected chi connectivity index (χ3v) is 6.15. The minimum Gasteiger partial charge on any atom is -0.489 e. The maximum Gasteiger partial charge on any atom is 0.325 e. The Kier molecular flexibility index (Phi) is 6.73. The molecule has 1 heterocycles. The zero-order chi connectivity index (χ0) is 22.4. The minimum absolute atomic E-state index is 0.1000. The number of rotatable bonds is 9. The number of urea groups is 1. The highest BCUT2D eigenvalue weighted by atomic mass is 16.5. The summed E-state index contributed by atoms with van der Waals surface area (Å²) in [6.07, 6.45) is 4.07. The van der Waals surface area contributed by atoms with E-state index in [0.29, 0.717) is 32.4 Å². The molecule has 0 bridgehead atoms. The molecule has 1 aliphatic heterocycles. The third kappa shape index (κ3) is 5.10. The van der Waals surface area contributed by atoms with E-state index >= 15 is 0 Å². The van der Waals surface area contributed by atoms with Crippen LogP contribution < -0.4 is 15.4 Å². The summed E-state index contributed by atoms with van der Waals surface area (Å²) >= 11 is 0. The summed E-state index contributed by atoms with van der Waals surface area (Å²) in [4.78, 5) is 38.2. The van der Waals surface area contributed by atoms with Gasteiger partial charge in [0, 0.05) is 19.5 Å². The van der Waals surface area contributed by atoms with Crippen LogP contribution in [-0.2, 0) is 22.7 Å². The number of benzene rings is 2. The van der Waals surface area contributed by atoms with Crippen LogP contribution >= 0.6 is 0 Å². The van der Waals surface area contributed by atoms with Gasteiger partial charge in [-0.05, 0) is 42.5 Å². The number of nitrogens with zero attached hydrogens (tertiary/aromatic N) is 1. The van der Waals surface area contributed by atoms with Crippen LogP contribution in [0.25, 0.3) is 0 Å². The summed E-state index contributed by atoms with van der Waals surface area (Å²) in [7, 11) is 0. The van der Waals surface area contributed by atoms with Gasteiger partial charge in [0.2, 0.25) is 5.91 Å². The number of hydrogen-bond donors (Lipinski definition) is 2. The summed E-state index contributed by atoms with van der Waals surface area (Å²) < 4.78 is 5.77. The molecule has 1 saturated carbocycles. The maximum absolute atomic E-state index is 12.6. The zero-order valence-corrected chi connectivity index (χ0v) is 18.1. The molecule has 32 heavy (non-hydrogen) atoms. The van der Waals surface area contributed by atoms with Crippen LogP contribution in [0.1, 0.15) is 49.7 Å². The highest BCUT2D eigenvalue weighted by Gasteiger charge is 2.51. The van der Waals surface area contributed by atoms with E-state index in [2.05, 4.69) is 10.6 Å². The van der Waals surface area contributed by atoms with Crippen molar-refractivity contribution < 1.29 is 19.1 Å². The smallest absolute Gasteiger partial charge is 0.325 e. The molecule has 4 amide bonds. The van der Waals surface area contributed by atoms with Crippen molar-refractivity contribution in [3.63, 3.8) is 0 Å². The molecule has 0 aromatic heterocycles. The van der Waals surface area contributed by atoms with E-state index in [-0.39, 0.29) is 30.8 Å². The average molecular weight is 436 g/mol. The normalized spacial score (nSPS) is 16.9. The van der Waals surface area contributed by atoms with Gasteiger partial charge in [-0.15, -0.1) is 0 Å². The summed E-state index contributed by atoms with van der Waals surface area (Å²) in [5.41, 5.74) is 1.40. The van der Waals surface area contributed by atoms with E-state index in [0.717, 1.165) is 29.7 Å². The Bertz CT molecular complexity index is 953. The predicted molar refractivity (Wildman–Crippen MR) is 120 cm³/mol. The Morgan fingerprint density at radius 1 is 1.00 bits per heavy atom. The summed E-state index contributed by atoms with van der Waals surface area (Å²) in [6, 6.07) is 17.3. The monoisotopic (exact) mass is 435 g/mol. The first kappa shape index (κ1) is 21.9. The Labute approximate surface area is 188 Å². The predicted octanol–water partition coefficient (Wildman–Crippen LogP) is 3.53. The molecule has 0 radical (unpaired) electrons. The van der Waals surface area contributed by atoms with Crippen molar-refractivity contribution in [2.24, 2.45) is 0 Å². The second-order valence-electron chi connectivity index (χ2n) is 8.47. The molecule has 0 atom stereocenters. The summed E-state index contributed by atoms with van der Waals surface area (Å²) in [5, 5.41) is 5.75. The van der Waals surface area contributed by atoms with Gasteiger partial charge in [-0.25, -0.2) is 4.79 Å². The molecule has 2 aliphatic rings. The first-order valence-electron chi connectivity index (χ1n) is 11.2. The van der Waals surface area contributed by atoms with Crippen LogP contribution in [0.2, 0.25) is 0 Å². The van der Waals surface area contributed by atoms with Crippen molar-refractivity contribution in [1.82, 2.24) is 15.5 Å². The molecule has 2 aromatic carbocycles. The van der Waals surface area contributed by atoms with Gasteiger partial charge in [-0.3, -0.25) is 14.5 Å². The SMILES string of the molecule is O=C(CCCN1C(=O)NC2(CCCC2)C1=O)NCc1ccc(OCc2ccccc2)cc1. The lowest BCUT2D eigenvalue weighted by Crippen LogP contribution is -2.44. The fourth-order valence-corrected chi connectivity index (χ4v) is 4.33. The molecule has 168 valence electrons. The fraction of sp³-hybridized carbons (Fsp3) is 0.400. The van der Waals surface area contributed by atoms with E-state index in [9.17, 15) is 14.4 Å². The largest absolute Gasteiger partial charge is 0.489 e. The average Bonchev–Trinajstić information content (AvgIpc) is 3.37. The lowest BCUT2D eigenvalue weighted by Gasteiger charge is -2.19. The Morgan fingerprint density at radius 3 is 2.44 bits per heavy atom. The molecule has 1 saturated heterocycles. The van der Waals surface area contributed by atoms with E-state index in [1.54, 1.807) is 0 Å². The highest BCUT2D eigenvalue weighted by Crippen LogP contribution is 2.35. The van der Waals surface area contributed by atoms with Gasteiger partial charge in [-0.1, -0.05) is 55.3 Å². The van der Waals surface area contributed by atoms with Crippen LogP contribution in [0.4, 0.5) is 4.79 Å². The molecule has 2 fully saturated rings. The van der Waals surface area contributed by atoms with Gasteiger partial charge < -0.3 is 15.4 Å². The molecule has 7 nitrogen and oxygen atoms in total. The number of imide groups is 1. The third-order valence-electron chi connectivity index (χ3n) is 6.15. The Hall–Kier alpha value is -3.35. The van der Waals surface area contributed by atoms with Crippen LogP contribution in [-0.4, -0.2) is 34.8 Å². The Morgan fingerprint density at radius 2 is 1.72 bits per heavy atom. The van der Waals surface area contributed by atoms with Gasteiger partial charge in [-0.2, -0.15) is 0 Å². The molecular weight excluding hydrogens is 406 g/mol. The molecule has 1 aliphatic carbocycles. The van der Waals surface area contributed by atoms with Gasteiger partial charge in [0.25, 0.3) is 5.91 Å². The number of amides is 4. The number of nitrogens with one attached hydrogen (secondary N) is 2. The van der Waals surface area contributed by atoms with Crippen molar-refractivity contribution >= 4 is 17.8 Å². The maximum atomic E-state index is 12.6. The molecule has 1 spiro atoms. The van der Waals surface area contributed by atoms with E-state index < -0.39 is 5.54 Å². The van der Waals surface area contributed by atoms with Crippen molar-refractivity contribution in [2.75, 3.05) is 6.54 Å². The standard InChI is InChI=1S/C25H29N3O4/c29-22(9-6-16-28-23(30)25(27-24(28)31)14-4-5-15-25)26-17-19-10-12-21(13-11-19)32-18-20-7-2-1-3-8-20/h1-3,7-8,10-13H,4-6,9,14-18H2,(H,26,29)(H,27,31). The first-order chi connectivity index (χ1) is 15.6. The first-order valence-corrected chi connectivity index (χ1v) is 11.2. The minimum atomic E-state index is -0.684. The number of hydrogen-bond acceptors (Lipinski definition) is 4. The second-order valence-corrected chi connectivity index (χ2v) is 8.47. The molecule has 7 heteroatoms. The topological polar surface area (TPSA) is 87.7 Å². The number of carbonyl (C=O) groups excluding carboxylic acids is 3. The van der Waals surface area contributed by atoms with E-state index in [4.69, 9.17) is 4.74 Å². The molecular formula is C25H29N3O4. The highest BCUT2D eigenvalue weighted by molar-refractivity contribution is 6.07. The van der Waals surface area contributed by atoms with Crippen molar-refractivity contribution in [3.05, 3.63) is 65.7 Å². The lowest BCUT2D eigenvalue weighted by molar-refractivity contribution is -0.131.